The molecule has 0 radical (unpaired) electrons. The van der Waals surface area contributed by atoms with E-state index < -0.39 is 0 Å². The summed E-state index contributed by atoms with van der Waals surface area (Å²) in [6.45, 7) is 4.69. The molecular weight excluding hydrogens is 324 g/mol. The number of H-pyrrole nitrogens is 1. The number of benzene rings is 2. The van der Waals surface area contributed by atoms with Crippen molar-refractivity contribution in [2.75, 3.05) is 0 Å². The van der Waals surface area contributed by atoms with Crippen molar-refractivity contribution >= 4 is 27.8 Å². The molecule has 0 bridgehead atoms. The Morgan fingerprint density at radius 2 is 1.92 bits per heavy atom. The Bertz CT molecular complexity index is 1070. The van der Waals surface area contributed by atoms with Crippen LogP contribution in [0.3, 0.4) is 0 Å². The first-order valence-corrected chi connectivity index (χ1v) is 8.91. The Morgan fingerprint density at radius 3 is 2.77 bits per heavy atom. The number of amides is 1. The lowest BCUT2D eigenvalue weighted by Crippen LogP contribution is -2.26. The van der Waals surface area contributed by atoms with Crippen molar-refractivity contribution in [3.05, 3.63) is 66.1 Å². The summed E-state index contributed by atoms with van der Waals surface area (Å²) in [6.07, 6.45) is 2.26. The maximum atomic E-state index is 12.5. The van der Waals surface area contributed by atoms with Gasteiger partial charge in [0.2, 0.25) is 5.91 Å². The first kappa shape index (κ1) is 16.4. The average molecular weight is 346 g/mol. The standard InChI is InChI=1S/C21H22N4O/c1-14(2)25-19-10-6-5-9-18(19)24-20(25)13-23-21(26)11-15-12-22-17-8-4-3-7-16(15)17/h3-10,12,14,22H,11,13H2,1-2H3,(H,23,26). The number of rotatable bonds is 5. The number of carbonyl (C=O) groups excluding carboxylic acids is 1. The van der Waals surface area contributed by atoms with Crippen molar-refractivity contribution in [2.45, 2.75) is 32.9 Å². The van der Waals surface area contributed by atoms with E-state index in [1.54, 1.807) is 0 Å². The van der Waals surface area contributed by atoms with Gasteiger partial charge in [0, 0.05) is 23.1 Å². The van der Waals surface area contributed by atoms with Crippen molar-refractivity contribution in [2.24, 2.45) is 0 Å². The molecule has 0 saturated carbocycles. The molecule has 0 unspecified atom stereocenters. The highest BCUT2D eigenvalue weighted by atomic mass is 16.1. The summed E-state index contributed by atoms with van der Waals surface area (Å²) >= 11 is 0. The van der Waals surface area contributed by atoms with Gasteiger partial charge in [0.25, 0.3) is 0 Å². The van der Waals surface area contributed by atoms with Crippen LogP contribution in [0, 0.1) is 0 Å². The third-order valence-corrected chi connectivity index (χ3v) is 4.65. The van der Waals surface area contributed by atoms with Gasteiger partial charge in [-0.15, -0.1) is 0 Å². The second kappa shape index (κ2) is 6.67. The Labute approximate surface area is 152 Å². The maximum absolute atomic E-state index is 12.5. The molecule has 1 amide bonds. The molecule has 0 saturated heterocycles. The molecule has 4 rings (SSSR count). The molecule has 5 nitrogen and oxygen atoms in total. The molecular formula is C21H22N4O. The van der Waals surface area contributed by atoms with Gasteiger partial charge in [0.05, 0.1) is 24.0 Å². The molecule has 2 aromatic carbocycles. The molecule has 0 aliphatic carbocycles. The number of carbonyl (C=O) groups is 1. The number of fused-ring (bicyclic) bond motifs is 2. The first-order chi connectivity index (χ1) is 12.6. The summed E-state index contributed by atoms with van der Waals surface area (Å²) in [7, 11) is 0. The lowest BCUT2D eigenvalue weighted by Gasteiger charge is -2.13. The lowest BCUT2D eigenvalue weighted by molar-refractivity contribution is -0.120. The van der Waals surface area contributed by atoms with Crippen molar-refractivity contribution in [1.29, 1.82) is 0 Å². The molecule has 2 aromatic heterocycles. The molecule has 0 spiro atoms. The fraction of sp³-hybridized carbons (Fsp3) is 0.238. The zero-order valence-electron chi connectivity index (χ0n) is 15.0. The van der Waals surface area contributed by atoms with Crippen LogP contribution in [-0.4, -0.2) is 20.4 Å². The molecule has 0 aliphatic rings. The third kappa shape index (κ3) is 2.96. The minimum absolute atomic E-state index is 0.00267. The van der Waals surface area contributed by atoms with Gasteiger partial charge in [-0.25, -0.2) is 4.98 Å². The quantitative estimate of drug-likeness (QED) is 0.574. The van der Waals surface area contributed by atoms with E-state index in [4.69, 9.17) is 4.98 Å². The number of hydrogen-bond donors (Lipinski definition) is 2. The Hall–Kier alpha value is -3.08. The fourth-order valence-electron chi connectivity index (χ4n) is 3.49. The minimum Gasteiger partial charge on any atom is -0.361 e. The maximum Gasteiger partial charge on any atom is 0.224 e. The molecule has 2 N–H and O–H groups in total. The van der Waals surface area contributed by atoms with E-state index in [2.05, 4.69) is 34.8 Å². The lowest BCUT2D eigenvalue weighted by atomic mass is 10.1. The summed E-state index contributed by atoms with van der Waals surface area (Å²) in [4.78, 5) is 20.4. The predicted molar refractivity (Wildman–Crippen MR) is 104 cm³/mol. The van der Waals surface area contributed by atoms with Gasteiger partial charge in [0.15, 0.2) is 0 Å². The molecule has 4 aromatic rings. The Kier molecular flexibility index (Phi) is 4.21. The van der Waals surface area contributed by atoms with Gasteiger partial charge in [-0.3, -0.25) is 4.79 Å². The van der Waals surface area contributed by atoms with E-state index >= 15 is 0 Å². The number of nitrogens with zero attached hydrogens (tertiary/aromatic N) is 2. The van der Waals surface area contributed by atoms with Crippen LogP contribution in [0.5, 0.6) is 0 Å². The van der Waals surface area contributed by atoms with Gasteiger partial charge in [0.1, 0.15) is 5.82 Å². The number of nitrogens with one attached hydrogen (secondary N) is 2. The highest BCUT2D eigenvalue weighted by Gasteiger charge is 2.14. The van der Waals surface area contributed by atoms with Gasteiger partial charge in [-0.05, 0) is 37.6 Å². The number of hydrogen-bond acceptors (Lipinski definition) is 2. The Balaban J connectivity index is 1.51. The van der Waals surface area contributed by atoms with E-state index in [1.165, 1.54) is 0 Å². The van der Waals surface area contributed by atoms with Crippen LogP contribution in [0.15, 0.2) is 54.7 Å². The molecule has 0 aliphatic heterocycles. The van der Waals surface area contributed by atoms with E-state index in [9.17, 15) is 4.79 Å². The molecule has 132 valence electrons. The molecule has 26 heavy (non-hydrogen) atoms. The van der Waals surface area contributed by atoms with Crippen LogP contribution >= 0.6 is 0 Å². The normalized spacial score (nSPS) is 11.5. The second-order valence-corrected chi connectivity index (χ2v) is 6.79. The van der Waals surface area contributed by atoms with Gasteiger partial charge in [-0.2, -0.15) is 0 Å². The number of imidazole rings is 1. The highest BCUT2D eigenvalue weighted by Crippen LogP contribution is 2.21. The topological polar surface area (TPSA) is 62.7 Å². The summed E-state index contributed by atoms with van der Waals surface area (Å²) in [5.74, 6) is 0.880. The molecule has 5 heteroatoms. The van der Waals surface area contributed by atoms with E-state index in [0.29, 0.717) is 13.0 Å². The van der Waals surface area contributed by atoms with Crippen LogP contribution in [0.4, 0.5) is 0 Å². The Morgan fingerprint density at radius 1 is 1.15 bits per heavy atom. The van der Waals surface area contributed by atoms with E-state index in [-0.39, 0.29) is 11.9 Å². The zero-order valence-corrected chi connectivity index (χ0v) is 15.0. The van der Waals surface area contributed by atoms with Crippen LogP contribution in [0.1, 0.15) is 31.3 Å². The number of aromatic amines is 1. The molecule has 0 atom stereocenters. The van der Waals surface area contributed by atoms with Gasteiger partial charge in [-0.1, -0.05) is 30.3 Å². The highest BCUT2D eigenvalue weighted by molar-refractivity contribution is 5.88. The van der Waals surface area contributed by atoms with E-state index in [0.717, 1.165) is 33.3 Å². The summed E-state index contributed by atoms with van der Waals surface area (Å²) < 4.78 is 2.18. The minimum atomic E-state index is -0.00267. The van der Waals surface area contributed by atoms with Crippen molar-refractivity contribution in [3.63, 3.8) is 0 Å². The number of para-hydroxylation sites is 3. The van der Waals surface area contributed by atoms with Gasteiger partial charge >= 0.3 is 0 Å². The van der Waals surface area contributed by atoms with Crippen LogP contribution in [0.2, 0.25) is 0 Å². The summed E-state index contributed by atoms with van der Waals surface area (Å²) in [5, 5.41) is 4.12. The monoisotopic (exact) mass is 346 g/mol. The van der Waals surface area contributed by atoms with Crippen LogP contribution < -0.4 is 5.32 Å². The molecule has 2 heterocycles. The average Bonchev–Trinajstić information content (AvgIpc) is 3.21. The summed E-state index contributed by atoms with van der Waals surface area (Å²) in [5.41, 5.74) is 4.12. The van der Waals surface area contributed by atoms with Crippen molar-refractivity contribution < 1.29 is 4.79 Å². The first-order valence-electron chi connectivity index (χ1n) is 8.91. The zero-order chi connectivity index (χ0) is 18.1. The van der Waals surface area contributed by atoms with Crippen molar-refractivity contribution in [3.8, 4) is 0 Å². The van der Waals surface area contributed by atoms with E-state index in [1.807, 2.05) is 48.7 Å². The third-order valence-electron chi connectivity index (χ3n) is 4.65. The number of aromatic nitrogens is 3. The molecule has 0 fully saturated rings. The largest absolute Gasteiger partial charge is 0.361 e. The van der Waals surface area contributed by atoms with Crippen LogP contribution in [0.25, 0.3) is 21.9 Å². The predicted octanol–water partition coefficient (Wildman–Crippen LogP) is 3.96. The van der Waals surface area contributed by atoms with Gasteiger partial charge < -0.3 is 14.9 Å². The van der Waals surface area contributed by atoms with Crippen LogP contribution in [-0.2, 0) is 17.8 Å². The SMILES string of the molecule is CC(C)n1c(CNC(=O)Cc2c[nH]c3ccccc23)nc2ccccc21. The smallest absolute Gasteiger partial charge is 0.224 e. The van der Waals surface area contributed by atoms with Crippen molar-refractivity contribution in [1.82, 2.24) is 19.9 Å². The fourth-order valence-corrected chi connectivity index (χ4v) is 3.49. The summed E-state index contributed by atoms with van der Waals surface area (Å²) in [6, 6.07) is 16.4. The second-order valence-electron chi connectivity index (χ2n) is 6.79.